The van der Waals surface area contributed by atoms with Gasteiger partial charge in [-0.15, -0.1) is 11.3 Å². The van der Waals surface area contributed by atoms with Gasteiger partial charge in [-0.3, -0.25) is 0 Å². The molecule has 110 valence electrons. The number of guanidine groups is 1. The first kappa shape index (κ1) is 15.2. The van der Waals surface area contributed by atoms with Gasteiger partial charge in [0.05, 0.1) is 16.3 Å². The molecule has 1 aromatic carbocycles. The lowest BCUT2D eigenvalue weighted by molar-refractivity contribution is 0.598. The van der Waals surface area contributed by atoms with Gasteiger partial charge in [-0.25, -0.2) is 4.99 Å². The molecule has 0 atom stereocenters. The number of sulfonamides is 1. The van der Waals surface area contributed by atoms with Crippen molar-refractivity contribution in [2.45, 2.75) is 11.8 Å². The molecule has 1 aromatic heterocycles. The van der Waals surface area contributed by atoms with Crippen molar-refractivity contribution in [2.24, 2.45) is 20.9 Å². The van der Waals surface area contributed by atoms with Crippen LogP contribution in [0.2, 0.25) is 0 Å². The van der Waals surface area contributed by atoms with Crippen LogP contribution in [0.25, 0.3) is 0 Å². The van der Waals surface area contributed by atoms with Crippen molar-refractivity contribution >= 4 is 38.7 Å². The van der Waals surface area contributed by atoms with E-state index in [0.717, 1.165) is 4.88 Å². The number of nitrogens with two attached hydrogens (primary N) is 2. The van der Waals surface area contributed by atoms with Crippen LogP contribution in [0.1, 0.15) is 11.8 Å². The van der Waals surface area contributed by atoms with Crippen molar-refractivity contribution in [1.29, 1.82) is 0 Å². The highest BCUT2D eigenvalue weighted by atomic mass is 32.2. The van der Waals surface area contributed by atoms with Crippen molar-refractivity contribution in [1.82, 2.24) is 0 Å². The molecule has 0 bridgehead atoms. The topological polar surface area (TPSA) is 111 Å². The molecular formula is C13H14N4O2S2. The molecule has 6 nitrogen and oxygen atoms in total. The van der Waals surface area contributed by atoms with Crippen molar-refractivity contribution in [3.63, 3.8) is 0 Å². The molecule has 0 aliphatic rings. The standard InChI is InChI=1S/C13H14N4O2S2/c1-9(12-3-2-8-20-12)17-21(18,19)11-6-4-10(5-7-11)16-13(14)15/h2-8H,1H3,(H4,14,15,16)/b17-9+. The minimum atomic E-state index is -3.75. The van der Waals surface area contributed by atoms with Crippen LogP contribution < -0.4 is 11.5 Å². The van der Waals surface area contributed by atoms with Crippen LogP contribution in [0, 0.1) is 0 Å². The number of thiophene rings is 1. The molecule has 21 heavy (non-hydrogen) atoms. The second-order valence-corrected chi connectivity index (χ2v) is 6.71. The molecule has 4 N–H and O–H groups in total. The van der Waals surface area contributed by atoms with E-state index in [-0.39, 0.29) is 10.9 Å². The lowest BCUT2D eigenvalue weighted by Crippen LogP contribution is -2.21. The molecule has 1 heterocycles. The van der Waals surface area contributed by atoms with Crippen LogP contribution in [0.3, 0.4) is 0 Å². The Kier molecular flexibility index (Phi) is 4.39. The average molecular weight is 322 g/mol. The summed E-state index contributed by atoms with van der Waals surface area (Å²) in [7, 11) is -3.75. The monoisotopic (exact) mass is 322 g/mol. The van der Waals surface area contributed by atoms with Gasteiger partial charge in [-0.1, -0.05) is 6.07 Å². The van der Waals surface area contributed by atoms with Crippen LogP contribution in [0.4, 0.5) is 5.69 Å². The molecule has 0 spiro atoms. The number of benzene rings is 1. The van der Waals surface area contributed by atoms with Gasteiger partial charge in [-0.05, 0) is 42.6 Å². The number of aliphatic imine (C=N–C) groups is 1. The number of hydrogen-bond donors (Lipinski definition) is 2. The van der Waals surface area contributed by atoms with E-state index < -0.39 is 10.0 Å². The van der Waals surface area contributed by atoms with Crippen LogP contribution in [0.15, 0.2) is 56.1 Å². The first-order valence-electron chi connectivity index (χ1n) is 5.93. The van der Waals surface area contributed by atoms with Crippen LogP contribution in [-0.4, -0.2) is 20.1 Å². The van der Waals surface area contributed by atoms with Gasteiger partial charge in [-0.2, -0.15) is 12.8 Å². The smallest absolute Gasteiger partial charge is 0.282 e. The molecule has 0 amide bonds. The van der Waals surface area contributed by atoms with E-state index in [1.54, 1.807) is 6.92 Å². The second kappa shape index (κ2) is 6.06. The van der Waals surface area contributed by atoms with Crippen LogP contribution >= 0.6 is 11.3 Å². The highest BCUT2D eigenvalue weighted by Gasteiger charge is 2.13. The Morgan fingerprint density at radius 3 is 2.33 bits per heavy atom. The molecule has 0 aliphatic heterocycles. The summed E-state index contributed by atoms with van der Waals surface area (Å²) in [6, 6.07) is 9.53. The molecule has 0 radical (unpaired) electrons. The number of hydrogen-bond acceptors (Lipinski definition) is 4. The van der Waals surface area contributed by atoms with Crippen molar-refractivity contribution in [3.8, 4) is 0 Å². The maximum absolute atomic E-state index is 12.2. The molecule has 2 aromatic rings. The van der Waals surface area contributed by atoms with Crippen molar-refractivity contribution < 1.29 is 8.42 Å². The highest BCUT2D eigenvalue weighted by Crippen LogP contribution is 2.19. The fourth-order valence-electron chi connectivity index (χ4n) is 1.60. The zero-order chi connectivity index (χ0) is 15.5. The maximum atomic E-state index is 12.2. The van der Waals surface area contributed by atoms with Crippen LogP contribution in [-0.2, 0) is 10.0 Å². The quantitative estimate of drug-likeness (QED) is 0.661. The van der Waals surface area contributed by atoms with Gasteiger partial charge in [0, 0.05) is 4.88 Å². The van der Waals surface area contributed by atoms with Gasteiger partial charge in [0.1, 0.15) is 0 Å². The number of rotatable bonds is 4. The predicted molar refractivity (Wildman–Crippen MR) is 85.6 cm³/mol. The Morgan fingerprint density at radius 2 is 1.81 bits per heavy atom. The molecule has 2 rings (SSSR count). The third-order valence-electron chi connectivity index (χ3n) is 2.53. The van der Waals surface area contributed by atoms with Crippen molar-refractivity contribution in [3.05, 3.63) is 46.7 Å². The SMILES string of the molecule is C/C(=N\S(=O)(=O)c1ccc(N=C(N)N)cc1)c1cccs1. The Labute approximate surface area is 126 Å². The second-order valence-electron chi connectivity index (χ2n) is 4.16. The Morgan fingerprint density at radius 1 is 1.14 bits per heavy atom. The normalized spacial score (nSPS) is 12.1. The van der Waals surface area contributed by atoms with Gasteiger partial charge in [0.25, 0.3) is 10.0 Å². The first-order chi connectivity index (χ1) is 9.88. The predicted octanol–water partition coefficient (Wildman–Crippen LogP) is 1.85. The van der Waals surface area contributed by atoms with Crippen LogP contribution in [0.5, 0.6) is 0 Å². The summed E-state index contributed by atoms with van der Waals surface area (Å²) < 4.78 is 28.2. The Balaban J connectivity index is 2.32. The lowest BCUT2D eigenvalue weighted by Gasteiger charge is -2.02. The van der Waals surface area contributed by atoms with E-state index in [1.807, 2.05) is 17.5 Å². The van der Waals surface area contributed by atoms with Gasteiger partial charge >= 0.3 is 0 Å². The summed E-state index contributed by atoms with van der Waals surface area (Å²) in [5.74, 6) is -0.0860. The largest absolute Gasteiger partial charge is 0.370 e. The highest BCUT2D eigenvalue weighted by molar-refractivity contribution is 7.90. The third kappa shape index (κ3) is 3.89. The Hall–Kier alpha value is -2.19. The van der Waals surface area contributed by atoms with Gasteiger partial charge < -0.3 is 11.5 Å². The molecule has 0 fully saturated rings. The van der Waals surface area contributed by atoms with Gasteiger partial charge in [0.15, 0.2) is 5.96 Å². The first-order valence-corrected chi connectivity index (χ1v) is 8.25. The summed E-state index contributed by atoms with van der Waals surface area (Å²) in [4.78, 5) is 4.73. The Bertz CT molecular complexity index is 772. The molecule has 0 unspecified atom stereocenters. The minimum absolute atomic E-state index is 0.0860. The summed E-state index contributed by atoms with van der Waals surface area (Å²) >= 11 is 1.44. The summed E-state index contributed by atoms with van der Waals surface area (Å²) in [5, 5.41) is 1.87. The van der Waals surface area contributed by atoms with E-state index in [1.165, 1.54) is 35.6 Å². The van der Waals surface area contributed by atoms with Crippen molar-refractivity contribution in [2.75, 3.05) is 0 Å². The fourth-order valence-corrected chi connectivity index (χ4v) is 3.38. The number of nitrogens with zero attached hydrogens (tertiary/aromatic N) is 2. The fraction of sp³-hybridized carbons (Fsp3) is 0.0769. The summed E-state index contributed by atoms with van der Waals surface area (Å²) in [6.45, 7) is 1.66. The molecule has 0 saturated heterocycles. The minimum Gasteiger partial charge on any atom is -0.370 e. The zero-order valence-corrected chi connectivity index (χ0v) is 12.9. The zero-order valence-electron chi connectivity index (χ0n) is 11.2. The summed E-state index contributed by atoms with van der Waals surface area (Å²) in [5.41, 5.74) is 11.5. The van der Waals surface area contributed by atoms with E-state index in [9.17, 15) is 8.42 Å². The maximum Gasteiger partial charge on any atom is 0.282 e. The van der Waals surface area contributed by atoms with E-state index in [0.29, 0.717) is 11.4 Å². The van der Waals surface area contributed by atoms with E-state index >= 15 is 0 Å². The van der Waals surface area contributed by atoms with Gasteiger partial charge in [0.2, 0.25) is 0 Å². The van der Waals surface area contributed by atoms with E-state index in [2.05, 4.69) is 9.39 Å². The molecule has 8 heteroatoms. The molecular weight excluding hydrogens is 308 g/mol. The lowest BCUT2D eigenvalue weighted by atomic mass is 10.3. The van der Waals surface area contributed by atoms with E-state index in [4.69, 9.17) is 11.5 Å². The molecule has 0 saturated carbocycles. The summed E-state index contributed by atoms with van der Waals surface area (Å²) in [6.07, 6.45) is 0. The third-order valence-corrected chi connectivity index (χ3v) is 4.89. The average Bonchev–Trinajstić information content (AvgIpc) is 2.92. The molecule has 0 aliphatic carbocycles.